The fourth-order valence-corrected chi connectivity index (χ4v) is 1.99. The first-order chi connectivity index (χ1) is 8.60. The Labute approximate surface area is 107 Å². The van der Waals surface area contributed by atoms with Crippen LogP contribution in [0.5, 0.6) is 0 Å². The fraction of sp³-hybridized carbons (Fsp3) is 0.333. The van der Waals surface area contributed by atoms with Crippen LogP contribution < -0.4 is 0 Å². The summed E-state index contributed by atoms with van der Waals surface area (Å²) in [6, 6.07) is 9.94. The Bertz CT molecular complexity index is 552. The second-order valence-corrected chi connectivity index (χ2v) is 4.57. The third-order valence-electron chi connectivity index (χ3n) is 2.97. The number of aromatic nitrogens is 2. The van der Waals surface area contributed by atoms with Gasteiger partial charge in [-0.25, -0.2) is 0 Å². The van der Waals surface area contributed by atoms with Crippen molar-refractivity contribution >= 4 is 5.78 Å². The van der Waals surface area contributed by atoms with Gasteiger partial charge in [0, 0.05) is 13.0 Å². The van der Waals surface area contributed by atoms with E-state index in [-0.39, 0.29) is 5.78 Å². The molecule has 0 aliphatic heterocycles. The fourth-order valence-electron chi connectivity index (χ4n) is 1.99. The maximum atomic E-state index is 12.2. The van der Waals surface area contributed by atoms with Crippen LogP contribution >= 0.6 is 0 Å². The van der Waals surface area contributed by atoms with Gasteiger partial charge in [0.1, 0.15) is 5.69 Å². The Balaban J connectivity index is 2.19. The van der Waals surface area contributed by atoms with E-state index in [1.165, 1.54) is 5.56 Å². The summed E-state index contributed by atoms with van der Waals surface area (Å²) in [7, 11) is 0. The van der Waals surface area contributed by atoms with E-state index in [1.54, 1.807) is 4.68 Å². The molecule has 18 heavy (non-hydrogen) atoms. The molecule has 1 aromatic heterocycles. The maximum absolute atomic E-state index is 12.2. The first-order valence-electron chi connectivity index (χ1n) is 6.23. The van der Waals surface area contributed by atoms with E-state index in [4.69, 9.17) is 0 Å². The molecular formula is C15H18N2O. The number of carbonyl (C=O) groups excluding carboxylic acids is 1. The SMILES string of the molecule is CCn1nc(C)cc1C(=O)Cc1ccc(C)cc1. The summed E-state index contributed by atoms with van der Waals surface area (Å²) in [5.41, 5.74) is 3.85. The van der Waals surface area contributed by atoms with Gasteiger partial charge in [-0.3, -0.25) is 9.48 Å². The third kappa shape index (κ3) is 2.67. The van der Waals surface area contributed by atoms with Crippen molar-refractivity contribution in [2.45, 2.75) is 33.7 Å². The molecule has 0 N–H and O–H groups in total. The minimum Gasteiger partial charge on any atom is -0.292 e. The van der Waals surface area contributed by atoms with Crippen LogP contribution in [0.15, 0.2) is 30.3 Å². The van der Waals surface area contributed by atoms with E-state index in [1.807, 2.05) is 51.1 Å². The molecule has 0 radical (unpaired) electrons. The number of benzene rings is 1. The summed E-state index contributed by atoms with van der Waals surface area (Å²) in [4.78, 5) is 12.2. The molecule has 0 aliphatic carbocycles. The van der Waals surface area contributed by atoms with Gasteiger partial charge in [-0.1, -0.05) is 29.8 Å². The zero-order chi connectivity index (χ0) is 13.1. The highest BCUT2D eigenvalue weighted by atomic mass is 16.1. The molecule has 1 heterocycles. The van der Waals surface area contributed by atoms with Gasteiger partial charge in [0.25, 0.3) is 0 Å². The Morgan fingerprint density at radius 1 is 1.22 bits per heavy atom. The number of Topliss-reactive ketones (excluding diaryl/α,β-unsaturated/α-hetero) is 1. The molecule has 0 saturated carbocycles. The predicted molar refractivity (Wildman–Crippen MR) is 71.9 cm³/mol. The lowest BCUT2D eigenvalue weighted by molar-refractivity contribution is 0.0983. The summed E-state index contributed by atoms with van der Waals surface area (Å²) < 4.78 is 1.77. The van der Waals surface area contributed by atoms with Crippen molar-refractivity contribution in [3.8, 4) is 0 Å². The first-order valence-corrected chi connectivity index (χ1v) is 6.23. The summed E-state index contributed by atoms with van der Waals surface area (Å²) in [6.07, 6.45) is 0.436. The average Bonchev–Trinajstić information content (AvgIpc) is 2.73. The zero-order valence-corrected chi connectivity index (χ0v) is 11.1. The highest BCUT2D eigenvalue weighted by Gasteiger charge is 2.13. The lowest BCUT2D eigenvalue weighted by Crippen LogP contribution is -2.11. The Morgan fingerprint density at radius 2 is 1.89 bits per heavy atom. The summed E-state index contributed by atoms with van der Waals surface area (Å²) in [6.45, 7) is 6.67. The van der Waals surface area contributed by atoms with Crippen LogP contribution in [0.25, 0.3) is 0 Å². The quantitative estimate of drug-likeness (QED) is 0.773. The lowest BCUT2D eigenvalue weighted by Gasteiger charge is -2.04. The average molecular weight is 242 g/mol. The molecule has 2 rings (SSSR count). The largest absolute Gasteiger partial charge is 0.292 e. The van der Waals surface area contributed by atoms with Crippen molar-refractivity contribution < 1.29 is 4.79 Å². The Hall–Kier alpha value is -1.90. The molecule has 0 bridgehead atoms. The molecule has 0 atom stereocenters. The number of ketones is 1. The van der Waals surface area contributed by atoms with Gasteiger partial charge < -0.3 is 0 Å². The van der Waals surface area contributed by atoms with E-state index in [2.05, 4.69) is 5.10 Å². The topological polar surface area (TPSA) is 34.9 Å². The Kier molecular flexibility index (Phi) is 3.60. The molecule has 94 valence electrons. The maximum Gasteiger partial charge on any atom is 0.185 e. The minimum absolute atomic E-state index is 0.126. The van der Waals surface area contributed by atoms with Crippen LogP contribution in [0, 0.1) is 13.8 Å². The van der Waals surface area contributed by atoms with Crippen LogP contribution in [0.2, 0.25) is 0 Å². The van der Waals surface area contributed by atoms with Crippen molar-refractivity contribution in [3.05, 3.63) is 52.8 Å². The highest BCUT2D eigenvalue weighted by molar-refractivity contribution is 5.96. The molecule has 0 saturated heterocycles. The van der Waals surface area contributed by atoms with Crippen LogP contribution in [0.4, 0.5) is 0 Å². The van der Waals surface area contributed by atoms with Gasteiger partial charge in [-0.2, -0.15) is 5.10 Å². The molecule has 0 spiro atoms. The molecule has 0 unspecified atom stereocenters. The molecular weight excluding hydrogens is 224 g/mol. The van der Waals surface area contributed by atoms with Crippen molar-refractivity contribution in [1.29, 1.82) is 0 Å². The molecule has 2 aromatic rings. The van der Waals surface area contributed by atoms with Crippen molar-refractivity contribution in [2.24, 2.45) is 0 Å². The van der Waals surface area contributed by atoms with Gasteiger partial charge >= 0.3 is 0 Å². The number of hydrogen-bond acceptors (Lipinski definition) is 2. The normalized spacial score (nSPS) is 10.6. The van der Waals surface area contributed by atoms with E-state index in [9.17, 15) is 4.79 Å². The number of carbonyl (C=O) groups is 1. The summed E-state index contributed by atoms with van der Waals surface area (Å²) in [5, 5.41) is 4.30. The number of nitrogens with zero attached hydrogens (tertiary/aromatic N) is 2. The first kappa shape index (κ1) is 12.6. The standard InChI is InChI=1S/C15H18N2O/c1-4-17-14(9-12(3)16-17)15(18)10-13-7-5-11(2)6-8-13/h5-9H,4,10H2,1-3H3. The predicted octanol–water partition coefficient (Wildman–Crippen LogP) is 2.95. The smallest absolute Gasteiger partial charge is 0.185 e. The zero-order valence-electron chi connectivity index (χ0n) is 11.1. The van der Waals surface area contributed by atoms with Crippen molar-refractivity contribution in [2.75, 3.05) is 0 Å². The Morgan fingerprint density at radius 3 is 2.50 bits per heavy atom. The lowest BCUT2D eigenvalue weighted by atomic mass is 10.1. The van der Waals surface area contributed by atoms with Crippen LogP contribution in [-0.2, 0) is 13.0 Å². The van der Waals surface area contributed by atoms with E-state index in [0.29, 0.717) is 12.1 Å². The van der Waals surface area contributed by atoms with Gasteiger partial charge in [-0.05, 0) is 32.4 Å². The molecule has 0 amide bonds. The second-order valence-electron chi connectivity index (χ2n) is 4.57. The van der Waals surface area contributed by atoms with E-state index < -0.39 is 0 Å². The van der Waals surface area contributed by atoms with Crippen LogP contribution in [0.1, 0.15) is 34.2 Å². The number of aryl methyl sites for hydroxylation is 3. The van der Waals surface area contributed by atoms with E-state index in [0.717, 1.165) is 17.8 Å². The summed E-state index contributed by atoms with van der Waals surface area (Å²) in [5.74, 6) is 0.126. The highest BCUT2D eigenvalue weighted by Crippen LogP contribution is 2.10. The second kappa shape index (κ2) is 5.17. The molecule has 3 heteroatoms. The summed E-state index contributed by atoms with van der Waals surface area (Å²) >= 11 is 0. The van der Waals surface area contributed by atoms with Crippen molar-refractivity contribution in [1.82, 2.24) is 9.78 Å². The monoisotopic (exact) mass is 242 g/mol. The van der Waals surface area contributed by atoms with E-state index >= 15 is 0 Å². The third-order valence-corrected chi connectivity index (χ3v) is 2.97. The number of rotatable bonds is 4. The number of hydrogen-bond donors (Lipinski definition) is 0. The van der Waals surface area contributed by atoms with Gasteiger partial charge in [0.15, 0.2) is 5.78 Å². The molecule has 0 fully saturated rings. The molecule has 0 aliphatic rings. The minimum atomic E-state index is 0.126. The van der Waals surface area contributed by atoms with Crippen LogP contribution in [0.3, 0.4) is 0 Å². The van der Waals surface area contributed by atoms with Gasteiger partial charge in [-0.15, -0.1) is 0 Å². The van der Waals surface area contributed by atoms with Gasteiger partial charge in [0.2, 0.25) is 0 Å². The van der Waals surface area contributed by atoms with Crippen LogP contribution in [-0.4, -0.2) is 15.6 Å². The van der Waals surface area contributed by atoms with Crippen molar-refractivity contribution in [3.63, 3.8) is 0 Å². The molecule has 3 nitrogen and oxygen atoms in total. The molecule has 1 aromatic carbocycles. The van der Waals surface area contributed by atoms with Gasteiger partial charge in [0.05, 0.1) is 5.69 Å².